The molecule has 124 valence electrons. The molecule has 1 heterocycles. The molecule has 0 aliphatic carbocycles. The van der Waals surface area contributed by atoms with E-state index in [1.807, 2.05) is 19.1 Å². The number of hydrogen-bond acceptors (Lipinski definition) is 6. The lowest BCUT2D eigenvalue weighted by Gasteiger charge is -2.35. The standard InChI is InChI=1S/C16H28N4O2/c1-11-9-12(3-4-13(11)18)20-7-5-14(19-6-8-21)16(20)15(10-17)22-2/h3-4,9,14-16,19,21H,5-8,10,17-18H2,1-2H3. The first-order valence-corrected chi connectivity index (χ1v) is 7.82. The van der Waals surface area contributed by atoms with Crippen molar-refractivity contribution >= 4 is 11.4 Å². The second-order valence-electron chi connectivity index (χ2n) is 5.81. The molecule has 1 aromatic carbocycles. The first-order chi connectivity index (χ1) is 10.6. The van der Waals surface area contributed by atoms with Crippen molar-refractivity contribution in [2.75, 3.05) is 44.0 Å². The summed E-state index contributed by atoms with van der Waals surface area (Å²) in [5.41, 5.74) is 14.8. The summed E-state index contributed by atoms with van der Waals surface area (Å²) >= 11 is 0. The first kappa shape index (κ1) is 17.0. The van der Waals surface area contributed by atoms with Crippen LogP contribution in [0.4, 0.5) is 11.4 Å². The average molecular weight is 308 g/mol. The summed E-state index contributed by atoms with van der Waals surface area (Å²) in [7, 11) is 1.70. The highest BCUT2D eigenvalue weighted by atomic mass is 16.5. The number of nitrogen functional groups attached to an aromatic ring is 1. The van der Waals surface area contributed by atoms with Gasteiger partial charge in [0, 0.05) is 44.2 Å². The summed E-state index contributed by atoms with van der Waals surface area (Å²) in [5, 5.41) is 12.5. The number of nitrogens with one attached hydrogen (secondary N) is 1. The maximum Gasteiger partial charge on any atom is 0.0911 e. The topological polar surface area (TPSA) is 96.8 Å². The molecule has 1 aliphatic rings. The zero-order chi connectivity index (χ0) is 16.1. The Bertz CT molecular complexity index is 479. The smallest absolute Gasteiger partial charge is 0.0911 e. The SMILES string of the molecule is COC(CN)C1C(NCCO)CCN1c1ccc(N)c(C)c1. The van der Waals surface area contributed by atoms with Crippen molar-refractivity contribution < 1.29 is 9.84 Å². The summed E-state index contributed by atoms with van der Waals surface area (Å²) in [4.78, 5) is 2.34. The third-order valence-electron chi connectivity index (χ3n) is 4.47. The van der Waals surface area contributed by atoms with Crippen molar-refractivity contribution in [1.82, 2.24) is 5.32 Å². The largest absolute Gasteiger partial charge is 0.399 e. The molecule has 6 heteroatoms. The highest BCUT2D eigenvalue weighted by molar-refractivity contribution is 5.59. The fraction of sp³-hybridized carbons (Fsp3) is 0.625. The lowest BCUT2D eigenvalue weighted by molar-refractivity contribution is 0.0792. The van der Waals surface area contributed by atoms with Crippen LogP contribution in [-0.2, 0) is 4.74 Å². The van der Waals surface area contributed by atoms with E-state index in [-0.39, 0.29) is 24.8 Å². The third kappa shape index (κ3) is 3.52. The molecule has 0 aromatic heterocycles. The molecule has 1 aromatic rings. The van der Waals surface area contributed by atoms with Gasteiger partial charge < -0.3 is 31.5 Å². The van der Waals surface area contributed by atoms with Gasteiger partial charge in [-0.05, 0) is 37.1 Å². The van der Waals surface area contributed by atoms with E-state index in [0.29, 0.717) is 13.1 Å². The Hall–Kier alpha value is -1.34. The maximum atomic E-state index is 9.07. The molecule has 3 atom stereocenters. The highest BCUT2D eigenvalue weighted by Crippen LogP contribution is 2.30. The van der Waals surface area contributed by atoms with Crippen LogP contribution in [0.15, 0.2) is 18.2 Å². The van der Waals surface area contributed by atoms with Gasteiger partial charge in [-0.25, -0.2) is 0 Å². The fourth-order valence-electron chi connectivity index (χ4n) is 3.26. The van der Waals surface area contributed by atoms with E-state index in [1.165, 1.54) is 0 Å². The number of aliphatic hydroxyl groups is 1. The minimum atomic E-state index is -0.0587. The fourth-order valence-corrected chi connectivity index (χ4v) is 3.26. The van der Waals surface area contributed by atoms with E-state index in [0.717, 1.165) is 29.9 Å². The molecule has 0 spiro atoms. The molecule has 2 rings (SSSR count). The highest BCUT2D eigenvalue weighted by Gasteiger charge is 2.39. The van der Waals surface area contributed by atoms with Crippen molar-refractivity contribution in [3.8, 4) is 0 Å². The van der Waals surface area contributed by atoms with Gasteiger partial charge >= 0.3 is 0 Å². The molecule has 0 bridgehead atoms. The van der Waals surface area contributed by atoms with Gasteiger partial charge in [0.05, 0.1) is 18.8 Å². The monoisotopic (exact) mass is 308 g/mol. The first-order valence-electron chi connectivity index (χ1n) is 7.82. The average Bonchev–Trinajstić information content (AvgIpc) is 2.93. The lowest BCUT2D eigenvalue weighted by atomic mass is 10.0. The molecule has 22 heavy (non-hydrogen) atoms. The lowest BCUT2D eigenvalue weighted by Crippen LogP contribution is -2.53. The number of benzene rings is 1. The number of rotatable bonds is 7. The summed E-state index contributed by atoms with van der Waals surface area (Å²) in [6.45, 7) is 4.11. The summed E-state index contributed by atoms with van der Waals surface area (Å²) in [5.74, 6) is 0. The Kier molecular flexibility index (Phi) is 6.02. The Morgan fingerprint density at radius 1 is 1.50 bits per heavy atom. The van der Waals surface area contributed by atoms with Crippen LogP contribution in [0.5, 0.6) is 0 Å². The van der Waals surface area contributed by atoms with Gasteiger partial charge in [0.15, 0.2) is 0 Å². The maximum absolute atomic E-state index is 9.07. The predicted octanol–water partition coefficient (Wildman–Crippen LogP) is 0.0801. The number of aryl methyl sites for hydroxylation is 1. The van der Waals surface area contributed by atoms with Crippen LogP contribution in [0.25, 0.3) is 0 Å². The quantitative estimate of drug-likeness (QED) is 0.533. The Balaban J connectivity index is 2.25. The van der Waals surface area contributed by atoms with Gasteiger partial charge in [-0.1, -0.05) is 0 Å². The van der Waals surface area contributed by atoms with Gasteiger partial charge in [0.1, 0.15) is 0 Å². The molecule has 3 unspecified atom stereocenters. The molecule has 1 saturated heterocycles. The van der Waals surface area contributed by atoms with Gasteiger partial charge in [-0.3, -0.25) is 0 Å². The summed E-state index contributed by atoms with van der Waals surface area (Å²) in [6, 6.07) is 6.50. The number of ether oxygens (including phenoxy) is 1. The van der Waals surface area contributed by atoms with Crippen LogP contribution in [0.2, 0.25) is 0 Å². The number of hydrogen-bond donors (Lipinski definition) is 4. The molecule has 0 amide bonds. The molecule has 0 radical (unpaired) electrons. The molecule has 1 aliphatic heterocycles. The minimum Gasteiger partial charge on any atom is -0.399 e. The van der Waals surface area contributed by atoms with Crippen LogP contribution in [0, 0.1) is 6.92 Å². The molecule has 0 saturated carbocycles. The van der Waals surface area contributed by atoms with E-state index in [2.05, 4.69) is 16.3 Å². The molecular formula is C16H28N4O2. The van der Waals surface area contributed by atoms with E-state index < -0.39 is 0 Å². The minimum absolute atomic E-state index is 0.0587. The normalized spacial score (nSPS) is 23.0. The number of anilines is 2. The van der Waals surface area contributed by atoms with Gasteiger partial charge in [0.2, 0.25) is 0 Å². The van der Waals surface area contributed by atoms with E-state index >= 15 is 0 Å². The number of nitrogens with two attached hydrogens (primary N) is 2. The Morgan fingerprint density at radius 2 is 2.27 bits per heavy atom. The zero-order valence-electron chi connectivity index (χ0n) is 13.5. The number of aliphatic hydroxyl groups excluding tert-OH is 1. The second-order valence-corrected chi connectivity index (χ2v) is 5.81. The Morgan fingerprint density at radius 3 is 2.86 bits per heavy atom. The summed E-state index contributed by atoms with van der Waals surface area (Å²) < 4.78 is 5.61. The van der Waals surface area contributed by atoms with E-state index in [9.17, 15) is 0 Å². The van der Waals surface area contributed by atoms with Gasteiger partial charge in [0.25, 0.3) is 0 Å². The predicted molar refractivity (Wildman–Crippen MR) is 90.1 cm³/mol. The third-order valence-corrected chi connectivity index (χ3v) is 4.47. The van der Waals surface area contributed by atoms with Crippen LogP contribution >= 0.6 is 0 Å². The van der Waals surface area contributed by atoms with E-state index in [4.69, 9.17) is 21.3 Å². The zero-order valence-corrected chi connectivity index (χ0v) is 13.5. The van der Waals surface area contributed by atoms with Crippen LogP contribution < -0.4 is 21.7 Å². The van der Waals surface area contributed by atoms with Crippen LogP contribution in [0.3, 0.4) is 0 Å². The summed E-state index contributed by atoms with van der Waals surface area (Å²) in [6.07, 6.45) is 0.935. The second kappa shape index (κ2) is 7.78. The number of nitrogens with zero attached hydrogens (tertiary/aromatic N) is 1. The van der Waals surface area contributed by atoms with Crippen molar-refractivity contribution in [2.45, 2.75) is 31.5 Å². The molecule has 1 fully saturated rings. The van der Waals surface area contributed by atoms with Crippen molar-refractivity contribution in [2.24, 2.45) is 5.73 Å². The van der Waals surface area contributed by atoms with Crippen molar-refractivity contribution in [3.63, 3.8) is 0 Å². The van der Waals surface area contributed by atoms with Crippen molar-refractivity contribution in [3.05, 3.63) is 23.8 Å². The molecule has 6 nitrogen and oxygen atoms in total. The van der Waals surface area contributed by atoms with Crippen LogP contribution in [-0.4, -0.2) is 56.6 Å². The molecular weight excluding hydrogens is 280 g/mol. The van der Waals surface area contributed by atoms with Gasteiger partial charge in [-0.15, -0.1) is 0 Å². The number of methoxy groups -OCH3 is 1. The Labute approximate surface area is 132 Å². The van der Waals surface area contributed by atoms with Crippen LogP contribution in [0.1, 0.15) is 12.0 Å². The van der Waals surface area contributed by atoms with Gasteiger partial charge in [-0.2, -0.15) is 0 Å². The molecule has 6 N–H and O–H groups in total. The van der Waals surface area contributed by atoms with Crippen molar-refractivity contribution in [1.29, 1.82) is 0 Å². The van der Waals surface area contributed by atoms with E-state index in [1.54, 1.807) is 7.11 Å².